The molecule has 0 saturated heterocycles. The number of fused-ring (bicyclic) bond motifs is 1. The highest BCUT2D eigenvalue weighted by atomic mass is 15.3. The number of rotatable bonds is 2. The number of nitrogens with one attached hydrogen (secondary N) is 1. The summed E-state index contributed by atoms with van der Waals surface area (Å²) in [6, 6.07) is 10.4. The second-order valence-electron chi connectivity index (χ2n) is 6.15. The Hall–Kier alpha value is -2.10. The van der Waals surface area contributed by atoms with Crippen molar-refractivity contribution in [2.75, 3.05) is 16.8 Å². The first kappa shape index (κ1) is 12.9. The summed E-state index contributed by atoms with van der Waals surface area (Å²) in [5.74, 6) is 1.64. The van der Waals surface area contributed by atoms with Gasteiger partial charge in [-0.25, -0.2) is 4.98 Å². The van der Waals surface area contributed by atoms with Crippen LogP contribution in [-0.4, -0.2) is 22.1 Å². The lowest BCUT2D eigenvalue weighted by Crippen LogP contribution is -2.27. The minimum atomic E-state index is -0.00542. The quantitative estimate of drug-likeness (QED) is 0.906. The Morgan fingerprint density at radius 3 is 2.75 bits per heavy atom. The molecular formula is C16H20N4. The number of anilines is 3. The number of hydrogen-bond donors (Lipinski definition) is 1. The van der Waals surface area contributed by atoms with Crippen molar-refractivity contribution >= 4 is 17.5 Å². The van der Waals surface area contributed by atoms with Crippen molar-refractivity contribution < 1.29 is 0 Å². The Morgan fingerprint density at radius 1 is 1.15 bits per heavy atom. The Balaban J connectivity index is 1.91. The fourth-order valence-electron chi connectivity index (χ4n) is 2.48. The first-order chi connectivity index (χ1) is 9.53. The van der Waals surface area contributed by atoms with E-state index in [-0.39, 0.29) is 5.54 Å². The average Bonchev–Trinajstić information content (AvgIpc) is 2.81. The average molecular weight is 268 g/mol. The van der Waals surface area contributed by atoms with Crippen LogP contribution in [0.2, 0.25) is 0 Å². The molecule has 1 aliphatic rings. The molecule has 20 heavy (non-hydrogen) atoms. The van der Waals surface area contributed by atoms with Crippen LogP contribution in [-0.2, 0) is 6.42 Å². The predicted molar refractivity (Wildman–Crippen MR) is 82.6 cm³/mol. The minimum absolute atomic E-state index is 0.00542. The van der Waals surface area contributed by atoms with Gasteiger partial charge in [0.2, 0.25) is 5.95 Å². The maximum Gasteiger partial charge on any atom is 0.231 e. The molecule has 1 aromatic carbocycles. The molecule has 0 fully saturated rings. The van der Waals surface area contributed by atoms with E-state index in [0.29, 0.717) is 0 Å². The van der Waals surface area contributed by atoms with Gasteiger partial charge in [-0.15, -0.1) is 0 Å². The van der Waals surface area contributed by atoms with Crippen molar-refractivity contribution in [3.05, 3.63) is 42.1 Å². The topological polar surface area (TPSA) is 41.1 Å². The van der Waals surface area contributed by atoms with E-state index in [1.165, 1.54) is 11.3 Å². The fourth-order valence-corrected chi connectivity index (χ4v) is 2.48. The van der Waals surface area contributed by atoms with Gasteiger partial charge in [0.15, 0.2) is 0 Å². The second kappa shape index (κ2) is 4.78. The van der Waals surface area contributed by atoms with Crippen LogP contribution in [0.5, 0.6) is 0 Å². The summed E-state index contributed by atoms with van der Waals surface area (Å²) < 4.78 is 0. The molecular weight excluding hydrogens is 248 g/mol. The molecule has 0 radical (unpaired) electrons. The van der Waals surface area contributed by atoms with Crippen molar-refractivity contribution in [1.82, 2.24) is 9.97 Å². The Morgan fingerprint density at radius 2 is 1.95 bits per heavy atom. The lowest BCUT2D eigenvalue weighted by molar-refractivity contribution is 0.630. The van der Waals surface area contributed by atoms with E-state index in [1.807, 2.05) is 12.3 Å². The van der Waals surface area contributed by atoms with E-state index < -0.39 is 0 Å². The predicted octanol–water partition coefficient (Wildman–Crippen LogP) is 3.38. The molecule has 3 rings (SSSR count). The molecule has 1 aromatic heterocycles. The third kappa shape index (κ3) is 2.59. The van der Waals surface area contributed by atoms with Crippen molar-refractivity contribution in [3.63, 3.8) is 0 Å². The monoisotopic (exact) mass is 268 g/mol. The Labute approximate surface area is 119 Å². The molecule has 4 nitrogen and oxygen atoms in total. The molecule has 0 amide bonds. The molecule has 0 spiro atoms. The van der Waals surface area contributed by atoms with E-state index in [2.05, 4.69) is 65.2 Å². The van der Waals surface area contributed by atoms with E-state index in [9.17, 15) is 0 Å². The highest BCUT2D eigenvalue weighted by Gasteiger charge is 2.22. The molecule has 104 valence electrons. The number of hydrogen-bond acceptors (Lipinski definition) is 4. The van der Waals surface area contributed by atoms with Crippen LogP contribution in [0.1, 0.15) is 26.3 Å². The van der Waals surface area contributed by atoms with Gasteiger partial charge in [-0.1, -0.05) is 18.2 Å². The zero-order chi connectivity index (χ0) is 14.2. The molecule has 0 bridgehead atoms. The highest BCUT2D eigenvalue weighted by Crippen LogP contribution is 2.32. The molecule has 0 atom stereocenters. The van der Waals surface area contributed by atoms with Crippen LogP contribution < -0.4 is 10.2 Å². The first-order valence-corrected chi connectivity index (χ1v) is 7.00. The Bertz CT molecular complexity index is 616. The van der Waals surface area contributed by atoms with Crippen molar-refractivity contribution in [2.24, 2.45) is 0 Å². The molecule has 2 heterocycles. The van der Waals surface area contributed by atoms with Crippen LogP contribution in [0.25, 0.3) is 0 Å². The third-order valence-corrected chi connectivity index (χ3v) is 3.27. The third-order valence-electron chi connectivity index (χ3n) is 3.27. The molecule has 2 aromatic rings. The standard InChI is InChI=1S/C16H20N4/c1-16(2,3)19-14-8-10-17-15(18-14)20-11-9-12-6-4-5-7-13(12)20/h4-8,10H,9,11H2,1-3H3,(H,17,18,19). The van der Waals surface area contributed by atoms with Gasteiger partial charge >= 0.3 is 0 Å². The van der Waals surface area contributed by atoms with Gasteiger partial charge in [0.05, 0.1) is 0 Å². The maximum absolute atomic E-state index is 4.64. The molecule has 0 saturated carbocycles. The number of nitrogens with zero attached hydrogens (tertiary/aromatic N) is 3. The van der Waals surface area contributed by atoms with Crippen LogP contribution in [0.3, 0.4) is 0 Å². The lowest BCUT2D eigenvalue weighted by atomic mass is 10.1. The largest absolute Gasteiger partial charge is 0.365 e. The first-order valence-electron chi connectivity index (χ1n) is 7.00. The van der Waals surface area contributed by atoms with Crippen LogP contribution in [0, 0.1) is 0 Å². The molecule has 1 aliphatic heterocycles. The van der Waals surface area contributed by atoms with Gasteiger partial charge in [-0.3, -0.25) is 0 Å². The van der Waals surface area contributed by atoms with E-state index >= 15 is 0 Å². The van der Waals surface area contributed by atoms with Crippen LogP contribution in [0.15, 0.2) is 36.5 Å². The number of para-hydroxylation sites is 1. The van der Waals surface area contributed by atoms with E-state index in [0.717, 1.165) is 24.7 Å². The second-order valence-corrected chi connectivity index (χ2v) is 6.15. The van der Waals surface area contributed by atoms with Gasteiger partial charge in [0.25, 0.3) is 0 Å². The van der Waals surface area contributed by atoms with Gasteiger partial charge in [0, 0.05) is 24.0 Å². The number of benzene rings is 1. The molecule has 4 heteroatoms. The molecule has 0 unspecified atom stereocenters. The fraction of sp³-hybridized carbons (Fsp3) is 0.375. The van der Waals surface area contributed by atoms with E-state index in [4.69, 9.17) is 0 Å². The van der Waals surface area contributed by atoms with Crippen LogP contribution in [0.4, 0.5) is 17.5 Å². The highest BCUT2D eigenvalue weighted by molar-refractivity contribution is 5.66. The normalized spacial score (nSPS) is 14.2. The van der Waals surface area contributed by atoms with Gasteiger partial charge < -0.3 is 10.2 Å². The van der Waals surface area contributed by atoms with Gasteiger partial charge in [-0.05, 0) is 44.9 Å². The Kier molecular flexibility index (Phi) is 3.08. The molecule has 1 N–H and O–H groups in total. The maximum atomic E-state index is 4.64. The zero-order valence-corrected chi connectivity index (χ0v) is 12.2. The van der Waals surface area contributed by atoms with E-state index in [1.54, 1.807) is 0 Å². The summed E-state index contributed by atoms with van der Waals surface area (Å²) in [6.45, 7) is 7.32. The summed E-state index contributed by atoms with van der Waals surface area (Å²) in [7, 11) is 0. The van der Waals surface area contributed by atoms with Gasteiger partial charge in [-0.2, -0.15) is 4.98 Å². The van der Waals surface area contributed by atoms with Gasteiger partial charge in [0.1, 0.15) is 5.82 Å². The zero-order valence-electron chi connectivity index (χ0n) is 12.2. The van der Waals surface area contributed by atoms with Crippen molar-refractivity contribution in [3.8, 4) is 0 Å². The molecule has 0 aliphatic carbocycles. The smallest absolute Gasteiger partial charge is 0.231 e. The summed E-state index contributed by atoms with van der Waals surface area (Å²) in [5.41, 5.74) is 2.58. The van der Waals surface area contributed by atoms with Crippen molar-refractivity contribution in [2.45, 2.75) is 32.7 Å². The summed E-state index contributed by atoms with van der Waals surface area (Å²) in [6.07, 6.45) is 2.87. The number of aromatic nitrogens is 2. The summed E-state index contributed by atoms with van der Waals surface area (Å²) in [4.78, 5) is 11.3. The van der Waals surface area contributed by atoms with Crippen LogP contribution >= 0.6 is 0 Å². The summed E-state index contributed by atoms with van der Waals surface area (Å²) >= 11 is 0. The SMILES string of the molecule is CC(C)(C)Nc1ccnc(N2CCc3ccccc32)n1. The van der Waals surface area contributed by atoms with Crippen molar-refractivity contribution in [1.29, 1.82) is 0 Å². The lowest BCUT2D eigenvalue weighted by Gasteiger charge is -2.23. The minimum Gasteiger partial charge on any atom is -0.365 e. The summed E-state index contributed by atoms with van der Waals surface area (Å²) in [5, 5.41) is 3.39.